The van der Waals surface area contributed by atoms with Gasteiger partial charge in [-0.05, 0) is 63.1 Å². The third-order valence-electron chi connectivity index (χ3n) is 6.01. The molecular weight excluding hydrogens is 312 g/mol. The van der Waals surface area contributed by atoms with Gasteiger partial charge in [-0.15, -0.1) is 0 Å². The van der Waals surface area contributed by atoms with Gasteiger partial charge in [-0.25, -0.2) is 0 Å². The minimum Gasteiger partial charge on any atom is -0.374 e. The van der Waals surface area contributed by atoms with E-state index in [4.69, 9.17) is 9.84 Å². The summed E-state index contributed by atoms with van der Waals surface area (Å²) in [6, 6.07) is 0. The highest BCUT2D eigenvalue weighted by atomic mass is 16.5. The van der Waals surface area contributed by atoms with Crippen molar-refractivity contribution in [3.63, 3.8) is 0 Å². The van der Waals surface area contributed by atoms with Crippen LogP contribution in [0.3, 0.4) is 0 Å². The molecule has 5 heteroatoms. The second-order valence-corrected chi connectivity index (χ2v) is 9.13. The number of nitrogens with one attached hydrogen (secondary N) is 1. The maximum absolute atomic E-state index is 6.29. The summed E-state index contributed by atoms with van der Waals surface area (Å²) >= 11 is 0. The van der Waals surface area contributed by atoms with E-state index in [1.807, 2.05) is 18.8 Å². The van der Waals surface area contributed by atoms with Crippen LogP contribution in [0.15, 0.2) is 6.20 Å². The molecule has 0 atom stereocenters. The molecule has 1 spiro atoms. The molecule has 0 unspecified atom stereocenters. The van der Waals surface area contributed by atoms with Crippen molar-refractivity contribution in [2.24, 2.45) is 12.5 Å². The monoisotopic (exact) mass is 348 g/mol. The van der Waals surface area contributed by atoms with Crippen molar-refractivity contribution in [2.75, 3.05) is 33.8 Å². The lowest BCUT2D eigenvalue weighted by molar-refractivity contribution is -0.0294. The zero-order valence-electron chi connectivity index (χ0n) is 16.8. The Kier molecular flexibility index (Phi) is 5.57. The first-order chi connectivity index (χ1) is 11.8. The highest BCUT2D eigenvalue weighted by Crippen LogP contribution is 2.50. The van der Waals surface area contributed by atoms with Crippen LogP contribution >= 0.6 is 0 Å². The first kappa shape index (κ1) is 18.9. The molecule has 0 aromatic carbocycles. The van der Waals surface area contributed by atoms with E-state index in [9.17, 15) is 0 Å². The Balaban J connectivity index is 1.63. The lowest BCUT2D eigenvalue weighted by Crippen LogP contribution is -2.33. The Morgan fingerprint density at radius 2 is 2.08 bits per heavy atom. The van der Waals surface area contributed by atoms with E-state index in [0.29, 0.717) is 11.3 Å². The van der Waals surface area contributed by atoms with E-state index in [0.717, 1.165) is 26.2 Å². The quantitative estimate of drug-likeness (QED) is 0.858. The maximum Gasteiger partial charge on any atom is 0.0799 e. The molecule has 5 nitrogen and oxygen atoms in total. The van der Waals surface area contributed by atoms with Crippen LogP contribution in [-0.2, 0) is 18.3 Å². The minimum atomic E-state index is 0.159. The van der Waals surface area contributed by atoms with Crippen molar-refractivity contribution in [1.29, 1.82) is 0 Å². The van der Waals surface area contributed by atoms with Gasteiger partial charge in [-0.3, -0.25) is 9.58 Å². The molecule has 1 N–H and O–H groups in total. The van der Waals surface area contributed by atoms with Gasteiger partial charge in [0.2, 0.25) is 0 Å². The summed E-state index contributed by atoms with van der Waals surface area (Å²) in [6.45, 7) is 8.60. The smallest absolute Gasteiger partial charge is 0.0799 e. The molecule has 1 aromatic heterocycles. The van der Waals surface area contributed by atoms with Crippen LogP contribution in [0.2, 0.25) is 0 Å². The van der Waals surface area contributed by atoms with E-state index in [1.54, 1.807) is 0 Å². The van der Waals surface area contributed by atoms with Crippen LogP contribution in [-0.4, -0.2) is 54.1 Å². The number of ether oxygens (including phenoxy) is 1. The Morgan fingerprint density at radius 3 is 2.68 bits per heavy atom. The fourth-order valence-electron chi connectivity index (χ4n) is 4.75. The predicted octanol–water partition coefficient (Wildman–Crippen LogP) is 2.91. The van der Waals surface area contributed by atoms with Crippen LogP contribution < -0.4 is 5.32 Å². The summed E-state index contributed by atoms with van der Waals surface area (Å²) in [6.07, 6.45) is 8.34. The van der Waals surface area contributed by atoms with Gasteiger partial charge in [0, 0.05) is 32.9 Å². The number of hydrogen-bond acceptors (Lipinski definition) is 4. The van der Waals surface area contributed by atoms with Crippen LogP contribution in [0.5, 0.6) is 0 Å². The van der Waals surface area contributed by atoms with Gasteiger partial charge in [0.25, 0.3) is 0 Å². The number of rotatable bonds is 6. The second kappa shape index (κ2) is 7.37. The summed E-state index contributed by atoms with van der Waals surface area (Å²) in [5.74, 6) is 0.638. The highest BCUT2D eigenvalue weighted by molar-refractivity contribution is 5.23. The van der Waals surface area contributed by atoms with E-state index in [1.165, 1.54) is 43.4 Å². The SMILES string of the molecule is CNCCN(C)Cc1nn(C)cc1[C@H]1CC[C@@]2(CC1)CC(C)(C)CO2. The Bertz CT molecular complexity index is 572. The van der Waals surface area contributed by atoms with Crippen LogP contribution in [0, 0.1) is 5.41 Å². The number of likely N-dealkylation sites (N-methyl/N-ethyl adjacent to an activating group) is 2. The fraction of sp³-hybridized carbons (Fsp3) is 0.850. The van der Waals surface area contributed by atoms with E-state index >= 15 is 0 Å². The summed E-state index contributed by atoms with van der Waals surface area (Å²) in [5.41, 5.74) is 3.23. The standard InChI is InChI=1S/C20H36N4O/c1-19(2)14-20(25-15-19)8-6-16(7-9-20)17-12-24(5)22-18(17)13-23(4)11-10-21-3/h12,16,21H,6-11,13-15H2,1-5H3/t16-,20+. The summed E-state index contributed by atoms with van der Waals surface area (Å²) in [5, 5.41) is 7.99. The average Bonchev–Trinajstić information content (AvgIpc) is 3.06. The highest BCUT2D eigenvalue weighted by Gasteiger charge is 2.46. The molecule has 0 bridgehead atoms. The predicted molar refractivity (Wildman–Crippen MR) is 102 cm³/mol. The minimum absolute atomic E-state index is 0.159. The van der Waals surface area contributed by atoms with E-state index < -0.39 is 0 Å². The van der Waals surface area contributed by atoms with Gasteiger partial charge >= 0.3 is 0 Å². The third-order valence-corrected chi connectivity index (χ3v) is 6.01. The van der Waals surface area contributed by atoms with Gasteiger partial charge in [-0.1, -0.05) is 13.8 Å². The van der Waals surface area contributed by atoms with Crippen molar-refractivity contribution in [2.45, 2.75) is 64.0 Å². The molecule has 25 heavy (non-hydrogen) atoms. The zero-order chi connectivity index (χ0) is 18.1. The molecule has 1 aromatic rings. The summed E-state index contributed by atoms with van der Waals surface area (Å²) in [4.78, 5) is 2.36. The largest absolute Gasteiger partial charge is 0.374 e. The topological polar surface area (TPSA) is 42.3 Å². The summed E-state index contributed by atoms with van der Waals surface area (Å²) < 4.78 is 8.29. The Labute approximate surface area is 153 Å². The molecule has 1 saturated heterocycles. The molecule has 1 aliphatic heterocycles. The zero-order valence-corrected chi connectivity index (χ0v) is 16.8. The molecular formula is C20H36N4O. The first-order valence-electron chi connectivity index (χ1n) is 9.82. The Hall–Kier alpha value is -0.910. The normalized spacial score (nSPS) is 29.0. The van der Waals surface area contributed by atoms with Crippen molar-refractivity contribution >= 4 is 0 Å². The van der Waals surface area contributed by atoms with Crippen LogP contribution in [0.1, 0.15) is 63.1 Å². The summed E-state index contributed by atoms with van der Waals surface area (Å²) in [7, 11) is 6.23. The van der Waals surface area contributed by atoms with Gasteiger partial charge in [0.1, 0.15) is 0 Å². The molecule has 1 saturated carbocycles. The van der Waals surface area contributed by atoms with Crippen LogP contribution in [0.25, 0.3) is 0 Å². The number of nitrogens with zero attached hydrogens (tertiary/aromatic N) is 3. The molecule has 2 aliphatic rings. The fourth-order valence-corrected chi connectivity index (χ4v) is 4.75. The average molecular weight is 349 g/mol. The van der Waals surface area contributed by atoms with E-state index in [-0.39, 0.29) is 5.60 Å². The number of aryl methyl sites for hydroxylation is 1. The van der Waals surface area contributed by atoms with Crippen LogP contribution in [0.4, 0.5) is 0 Å². The van der Waals surface area contributed by atoms with Crippen molar-refractivity contribution in [3.05, 3.63) is 17.5 Å². The van der Waals surface area contributed by atoms with Crippen molar-refractivity contribution < 1.29 is 4.74 Å². The molecule has 0 radical (unpaired) electrons. The second-order valence-electron chi connectivity index (χ2n) is 9.13. The molecule has 0 amide bonds. The van der Waals surface area contributed by atoms with Crippen molar-refractivity contribution in [3.8, 4) is 0 Å². The molecule has 2 fully saturated rings. The number of aromatic nitrogens is 2. The third kappa shape index (κ3) is 4.44. The maximum atomic E-state index is 6.29. The molecule has 3 rings (SSSR count). The molecule has 1 aliphatic carbocycles. The van der Waals surface area contributed by atoms with E-state index in [2.05, 4.69) is 37.3 Å². The number of hydrogen-bond donors (Lipinski definition) is 1. The van der Waals surface area contributed by atoms with Gasteiger partial charge in [0.05, 0.1) is 17.9 Å². The lowest BCUT2D eigenvalue weighted by atomic mass is 9.72. The first-order valence-corrected chi connectivity index (χ1v) is 9.82. The molecule has 142 valence electrons. The van der Waals surface area contributed by atoms with Crippen molar-refractivity contribution in [1.82, 2.24) is 20.0 Å². The lowest BCUT2D eigenvalue weighted by Gasteiger charge is -2.37. The molecule has 2 heterocycles. The Morgan fingerprint density at radius 1 is 1.36 bits per heavy atom. The van der Waals surface area contributed by atoms with Gasteiger partial charge in [-0.2, -0.15) is 5.10 Å². The van der Waals surface area contributed by atoms with Gasteiger partial charge < -0.3 is 10.1 Å². The van der Waals surface area contributed by atoms with Gasteiger partial charge in [0.15, 0.2) is 0 Å².